The lowest BCUT2D eigenvalue weighted by molar-refractivity contribution is -0.659. The normalized spacial score (nSPS) is 11.4. The van der Waals surface area contributed by atoms with Gasteiger partial charge in [-0.25, -0.2) is 4.57 Å². The number of aromatic nitrogens is 1. The van der Waals surface area contributed by atoms with E-state index in [1.807, 2.05) is 0 Å². The summed E-state index contributed by atoms with van der Waals surface area (Å²) in [6.45, 7) is 8.96. The predicted molar refractivity (Wildman–Crippen MR) is 98.6 cm³/mol. The van der Waals surface area contributed by atoms with Crippen molar-refractivity contribution in [3.05, 3.63) is 65.4 Å². The number of aryl methyl sites for hydroxylation is 3. The molecule has 0 saturated carbocycles. The maximum absolute atomic E-state index is 2.38. The highest BCUT2D eigenvalue weighted by molar-refractivity contribution is 5.95. The lowest BCUT2D eigenvalue weighted by atomic mass is 9.94. The van der Waals surface area contributed by atoms with Crippen LogP contribution in [0, 0.1) is 19.8 Å². The van der Waals surface area contributed by atoms with Gasteiger partial charge in [0.2, 0.25) is 5.69 Å². The summed E-state index contributed by atoms with van der Waals surface area (Å²) < 4.78 is 2.27. The Morgan fingerprint density at radius 1 is 0.913 bits per heavy atom. The van der Waals surface area contributed by atoms with E-state index in [0.717, 1.165) is 6.42 Å². The second kappa shape index (κ2) is 6.16. The lowest BCUT2D eigenvalue weighted by Gasteiger charge is -2.12. The summed E-state index contributed by atoms with van der Waals surface area (Å²) in [7, 11) is 2.15. The summed E-state index contributed by atoms with van der Waals surface area (Å²) in [6, 6.07) is 15.6. The molecule has 3 rings (SSSR count). The Morgan fingerprint density at radius 2 is 1.65 bits per heavy atom. The maximum Gasteiger partial charge on any atom is 0.220 e. The maximum atomic E-state index is 2.38. The zero-order chi connectivity index (χ0) is 16.6. The van der Waals surface area contributed by atoms with Crippen molar-refractivity contribution in [3.63, 3.8) is 0 Å². The van der Waals surface area contributed by atoms with Crippen LogP contribution in [0.15, 0.2) is 48.7 Å². The van der Waals surface area contributed by atoms with Crippen LogP contribution >= 0.6 is 0 Å². The first-order valence-corrected chi connectivity index (χ1v) is 8.45. The number of hydrogen-bond acceptors (Lipinski definition) is 0. The summed E-state index contributed by atoms with van der Waals surface area (Å²) in [5.74, 6) is 0.684. The first kappa shape index (κ1) is 15.7. The highest BCUT2D eigenvalue weighted by atomic mass is 14.9. The van der Waals surface area contributed by atoms with Gasteiger partial charge in [-0.3, -0.25) is 0 Å². The highest BCUT2D eigenvalue weighted by Gasteiger charge is 2.18. The minimum atomic E-state index is 0.684. The average molecular weight is 304 g/mol. The van der Waals surface area contributed by atoms with E-state index in [9.17, 15) is 0 Å². The molecule has 0 N–H and O–H groups in total. The van der Waals surface area contributed by atoms with Crippen molar-refractivity contribution in [3.8, 4) is 11.3 Å². The number of benzene rings is 2. The van der Waals surface area contributed by atoms with Gasteiger partial charge in [0.15, 0.2) is 6.20 Å². The van der Waals surface area contributed by atoms with Gasteiger partial charge < -0.3 is 0 Å². The fourth-order valence-electron chi connectivity index (χ4n) is 3.51. The molecule has 0 fully saturated rings. The second-order valence-electron chi connectivity index (χ2n) is 7.06. The monoisotopic (exact) mass is 304 g/mol. The van der Waals surface area contributed by atoms with Crippen LogP contribution in [0.1, 0.15) is 30.5 Å². The minimum absolute atomic E-state index is 0.684. The van der Waals surface area contributed by atoms with Crippen molar-refractivity contribution in [1.29, 1.82) is 0 Å². The van der Waals surface area contributed by atoms with Crippen molar-refractivity contribution in [2.75, 3.05) is 0 Å². The van der Waals surface area contributed by atoms with Crippen LogP contribution in [0.2, 0.25) is 0 Å². The van der Waals surface area contributed by atoms with E-state index in [1.54, 1.807) is 0 Å². The van der Waals surface area contributed by atoms with Crippen molar-refractivity contribution < 1.29 is 4.57 Å². The molecular formula is C22H26N+. The molecule has 1 nitrogen and oxygen atoms in total. The smallest absolute Gasteiger partial charge is 0.200 e. The molecule has 0 radical (unpaired) electrons. The van der Waals surface area contributed by atoms with Crippen LogP contribution in [-0.4, -0.2) is 0 Å². The number of nitrogens with zero attached hydrogens (tertiary/aromatic N) is 1. The van der Waals surface area contributed by atoms with Crippen LogP contribution in [0.3, 0.4) is 0 Å². The number of rotatable bonds is 3. The Morgan fingerprint density at radius 3 is 2.35 bits per heavy atom. The Labute approximate surface area is 139 Å². The van der Waals surface area contributed by atoms with Crippen molar-refractivity contribution >= 4 is 10.8 Å². The Bertz CT molecular complexity index is 859. The molecule has 0 spiro atoms. The molecule has 1 heteroatoms. The van der Waals surface area contributed by atoms with E-state index < -0.39 is 0 Å². The fraction of sp³-hybridized carbons (Fsp3) is 0.318. The summed E-state index contributed by atoms with van der Waals surface area (Å²) in [6.07, 6.45) is 3.39. The van der Waals surface area contributed by atoms with E-state index in [4.69, 9.17) is 0 Å². The Kier molecular flexibility index (Phi) is 4.21. The van der Waals surface area contributed by atoms with Crippen molar-refractivity contribution in [2.45, 2.75) is 34.1 Å². The van der Waals surface area contributed by atoms with E-state index in [2.05, 4.69) is 88.0 Å². The summed E-state index contributed by atoms with van der Waals surface area (Å²) in [5, 5.41) is 2.72. The van der Waals surface area contributed by atoms with Gasteiger partial charge in [-0.05, 0) is 54.8 Å². The quantitative estimate of drug-likeness (QED) is 0.589. The third-order valence-electron chi connectivity index (χ3n) is 4.55. The van der Waals surface area contributed by atoms with Crippen LogP contribution < -0.4 is 4.57 Å². The molecule has 0 amide bonds. The molecule has 3 aromatic rings. The summed E-state index contributed by atoms with van der Waals surface area (Å²) in [5.41, 5.74) is 6.71. The molecule has 23 heavy (non-hydrogen) atoms. The zero-order valence-corrected chi connectivity index (χ0v) is 14.9. The largest absolute Gasteiger partial charge is 0.220 e. The molecule has 0 unspecified atom stereocenters. The van der Waals surface area contributed by atoms with Crippen LogP contribution in [0.4, 0.5) is 0 Å². The van der Waals surface area contributed by atoms with Gasteiger partial charge in [0.25, 0.3) is 0 Å². The van der Waals surface area contributed by atoms with E-state index in [0.29, 0.717) is 5.92 Å². The van der Waals surface area contributed by atoms with Gasteiger partial charge >= 0.3 is 0 Å². The third kappa shape index (κ3) is 3.01. The zero-order valence-electron chi connectivity index (χ0n) is 14.9. The molecule has 2 aromatic carbocycles. The summed E-state index contributed by atoms with van der Waals surface area (Å²) in [4.78, 5) is 0. The predicted octanol–water partition coefficient (Wildman–Crippen LogP) is 5.15. The molecule has 0 aliphatic rings. The SMILES string of the molecule is Cc1ccccc1-c1c2ccc(CC(C)C)cc2c(C)c[n+]1C. The molecule has 0 bridgehead atoms. The van der Waals surface area contributed by atoms with Crippen LogP contribution in [-0.2, 0) is 13.5 Å². The van der Waals surface area contributed by atoms with Gasteiger partial charge in [-0.15, -0.1) is 0 Å². The van der Waals surface area contributed by atoms with Crippen LogP contribution in [0.25, 0.3) is 22.0 Å². The molecule has 0 aliphatic heterocycles. The Balaban J connectivity index is 2.28. The van der Waals surface area contributed by atoms with Gasteiger partial charge in [0.1, 0.15) is 7.05 Å². The highest BCUT2D eigenvalue weighted by Crippen LogP contribution is 2.30. The first-order chi connectivity index (χ1) is 11.0. The molecule has 0 atom stereocenters. The molecular weight excluding hydrogens is 278 g/mol. The average Bonchev–Trinajstić information content (AvgIpc) is 2.49. The number of fused-ring (bicyclic) bond motifs is 1. The van der Waals surface area contributed by atoms with E-state index in [-0.39, 0.29) is 0 Å². The molecule has 0 saturated heterocycles. The third-order valence-corrected chi connectivity index (χ3v) is 4.55. The second-order valence-corrected chi connectivity index (χ2v) is 7.06. The summed E-state index contributed by atoms with van der Waals surface area (Å²) >= 11 is 0. The minimum Gasteiger partial charge on any atom is -0.200 e. The van der Waals surface area contributed by atoms with Gasteiger partial charge in [-0.1, -0.05) is 44.2 Å². The topological polar surface area (TPSA) is 3.88 Å². The van der Waals surface area contributed by atoms with E-state index >= 15 is 0 Å². The van der Waals surface area contributed by atoms with Gasteiger partial charge in [-0.2, -0.15) is 0 Å². The van der Waals surface area contributed by atoms with Crippen LogP contribution in [0.5, 0.6) is 0 Å². The Hall–Kier alpha value is -2.15. The lowest BCUT2D eigenvalue weighted by Crippen LogP contribution is -2.31. The molecule has 118 valence electrons. The van der Waals surface area contributed by atoms with Crippen molar-refractivity contribution in [2.24, 2.45) is 13.0 Å². The van der Waals surface area contributed by atoms with Gasteiger partial charge in [0.05, 0.1) is 5.39 Å². The van der Waals surface area contributed by atoms with Gasteiger partial charge in [0, 0.05) is 11.1 Å². The number of hydrogen-bond donors (Lipinski definition) is 0. The molecule has 0 aliphatic carbocycles. The van der Waals surface area contributed by atoms with E-state index in [1.165, 1.54) is 38.7 Å². The fourth-order valence-corrected chi connectivity index (χ4v) is 3.51. The molecule has 1 aromatic heterocycles. The number of pyridine rings is 1. The van der Waals surface area contributed by atoms with Crippen molar-refractivity contribution in [1.82, 2.24) is 0 Å². The standard InChI is InChI=1S/C22H26N/c1-15(2)12-18-10-11-20-21(13-18)17(4)14-23(5)22(20)19-9-7-6-8-16(19)3/h6-11,13-15H,12H2,1-5H3/q+1. The first-order valence-electron chi connectivity index (χ1n) is 8.45. The molecule has 1 heterocycles.